The van der Waals surface area contributed by atoms with Crippen LogP contribution < -0.4 is 4.74 Å². The molecule has 19 heavy (non-hydrogen) atoms. The summed E-state index contributed by atoms with van der Waals surface area (Å²) in [5.74, 6) is 1.77. The molecule has 106 valence electrons. The van der Waals surface area contributed by atoms with Gasteiger partial charge < -0.3 is 9.84 Å². The van der Waals surface area contributed by atoms with E-state index in [2.05, 4.69) is 26.8 Å². The fourth-order valence-electron chi connectivity index (χ4n) is 3.27. The number of hydrogen-bond acceptors (Lipinski definition) is 2. The molecule has 2 rings (SSSR count). The van der Waals surface area contributed by atoms with Gasteiger partial charge in [0, 0.05) is 0 Å². The predicted molar refractivity (Wildman–Crippen MR) is 78.9 cm³/mol. The van der Waals surface area contributed by atoms with Crippen molar-refractivity contribution in [3.05, 3.63) is 28.3 Å². The number of methoxy groups -OCH3 is 1. The Morgan fingerprint density at radius 1 is 1.11 bits per heavy atom. The zero-order chi connectivity index (χ0) is 14.0. The Hall–Kier alpha value is -1.02. The highest BCUT2D eigenvalue weighted by atomic mass is 16.5. The van der Waals surface area contributed by atoms with Crippen LogP contribution in [0.1, 0.15) is 47.9 Å². The highest BCUT2D eigenvalue weighted by molar-refractivity contribution is 5.49. The van der Waals surface area contributed by atoms with Crippen LogP contribution in [-0.4, -0.2) is 18.3 Å². The van der Waals surface area contributed by atoms with Crippen LogP contribution in [0.4, 0.5) is 0 Å². The Labute approximate surface area is 116 Å². The molecular weight excluding hydrogens is 236 g/mol. The van der Waals surface area contributed by atoms with E-state index in [1.165, 1.54) is 22.3 Å². The van der Waals surface area contributed by atoms with E-state index in [0.29, 0.717) is 5.92 Å². The first-order chi connectivity index (χ1) is 9.02. The Kier molecular flexibility index (Phi) is 4.51. The maximum absolute atomic E-state index is 9.60. The highest BCUT2D eigenvalue weighted by Gasteiger charge is 2.22. The van der Waals surface area contributed by atoms with Gasteiger partial charge in [-0.1, -0.05) is 6.07 Å². The van der Waals surface area contributed by atoms with Crippen LogP contribution in [0.3, 0.4) is 0 Å². The Bertz CT molecular complexity index is 443. The number of aliphatic hydroxyl groups is 1. The topological polar surface area (TPSA) is 29.5 Å². The summed E-state index contributed by atoms with van der Waals surface area (Å²) < 4.78 is 5.65. The first kappa shape index (κ1) is 14.4. The zero-order valence-electron chi connectivity index (χ0n) is 12.6. The van der Waals surface area contributed by atoms with Gasteiger partial charge in [0.25, 0.3) is 0 Å². The summed E-state index contributed by atoms with van der Waals surface area (Å²) in [6, 6.07) is 2.27. The number of ether oxygens (including phenoxy) is 1. The molecule has 0 saturated heterocycles. The molecule has 0 atom stereocenters. The lowest BCUT2D eigenvalue weighted by molar-refractivity contribution is 0.108. The van der Waals surface area contributed by atoms with Crippen molar-refractivity contribution in [3.8, 4) is 5.75 Å². The van der Waals surface area contributed by atoms with Crippen molar-refractivity contribution in [3.63, 3.8) is 0 Å². The van der Waals surface area contributed by atoms with Crippen molar-refractivity contribution in [1.29, 1.82) is 0 Å². The van der Waals surface area contributed by atoms with Gasteiger partial charge in [0.2, 0.25) is 0 Å². The molecule has 0 amide bonds. The van der Waals surface area contributed by atoms with E-state index in [4.69, 9.17) is 4.74 Å². The van der Waals surface area contributed by atoms with Crippen LogP contribution in [0, 0.1) is 26.7 Å². The van der Waals surface area contributed by atoms with Gasteiger partial charge >= 0.3 is 0 Å². The second-order valence-corrected chi connectivity index (χ2v) is 6.03. The zero-order valence-corrected chi connectivity index (χ0v) is 12.6. The van der Waals surface area contributed by atoms with Crippen LogP contribution in [0.25, 0.3) is 0 Å². The molecule has 0 aliphatic heterocycles. The molecular formula is C17H26O2. The maximum atomic E-state index is 9.60. The average molecular weight is 262 g/mol. The lowest BCUT2D eigenvalue weighted by Crippen LogP contribution is -2.20. The third kappa shape index (κ3) is 3.11. The SMILES string of the molecule is COc1c(C)c(C)cc(C)c1CC1CCC(O)CC1. The van der Waals surface area contributed by atoms with Crippen LogP contribution in [0.15, 0.2) is 6.07 Å². The monoisotopic (exact) mass is 262 g/mol. The molecule has 1 fully saturated rings. The number of aliphatic hydroxyl groups excluding tert-OH is 1. The highest BCUT2D eigenvalue weighted by Crippen LogP contribution is 2.35. The molecule has 2 heteroatoms. The van der Waals surface area contributed by atoms with Gasteiger partial charge in [-0.3, -0.25) is 0 Å². The van der Waals surface area contributed by atoms with Gasteiger partial charge in [0.05, 0.1) is 13.2 Å². The average Bonchev–Trinajstić information content (AvgIpc) is 2.39. The van der Waals surface area contributed by atoms with Gasteiger partial charge in [-0.05, 0) is 81.0 Å². The smallest absolute Gasteiger partial charge is 0.125 e. The summed E-state index contributed by atoms with van der Waals surface area (Å²) in [4.78, 5) is 0. The molecule has 1 aliphatic rings. The molecule has 0 heterocycles. The van der Waals surface area contributed by atoms with Gasteiger partial charge in [0.1, 0.15) is 5.75 Å². The fraction of sp³-hybridized carbons (Fsp3) is 0.647. The lowest BCUT2D eigenvalue weighted by atomic mass is 9.82. The van der Waals surface area contributed by atoms with Crippen molar-refractivity contribution in [2.45, 2.75) is 59.0 Å². The van der Waals surface area contributed by atoms with Crippen molar-refractivity contribution in [2.24, 2.45) is 5.92 Å². The molecule has 0 unspecified atom stereocenters. The van der Waals surface area contributed by atoms with E-state index in [0.717, 1.165) is 37.9 Å². The molecule has 0 bridgehead atoms. The van der Waals surface area contributed by atoms with E-state index >= 15 is 0 Å². The molecule has 1 saturated carbocycles. The van der Waals surface area contributed by atoms with E-state index in [-0.39, 0.29) is 6.10 Å². The quantitative estimate of drug-likeness (QED) is 0.899. The molecule has 0 radical (unpaired) electrons. The first-order valence-corrected chi connectivity index (χ1v) is 7.34. The molecule has 0 aromatic heterocycles. The number of aryl methyl sites for hydroxylation is 2. The van der Waals surface area contributed by atoms with Gasteiger partial charge in [0.15, 0.2) is 0 Å². The lowest BCUT2D eigenvalue weighted by Gasteiger charge is -2.27. The van der Waals surface area contributed by atoms with Gasteiger partial charge in [-0.25, -0.2) is 0 Å². The number of benzene rings is 1. The van der Waals surface area contributed by atoms with Crippen molar-refractivity contribution in [2.75, 3.05) is 7.11 Å². The second-order valence-electron chi connectivity index (χ2n) is 6.03. The summed E-state index contributed by atoms with van der Waals surface area (Å²) in [5, 5.41) is 9.60. The minimum absolute atomic E-state index is 0.0704. The minimum Gasteiger partial charge on any atom is -0.496 e. The van der Waals surface area contributed by atoms with E-state index in [1.54, 1.807) is 7.11 Å². The number of rotatable bonds is 3. The first-order valence-electron chi connectivity index (χ1n) is 7.34. The minimum atomic E-state index is -0.0704. The summed E-state index contributed by atoms with van der Waals surface area (Å²) in [5.41, 5.74) is 5.27. The predicted octanol–water partition coefficient (Wildman–Crippen LogP) is 3.71. The van der Waals surface area contributed by atoms with E-state index < -0.39 is 0 Å². The van der Waals surface area contributed by atoms with Crippen molar-refractivity contribution in [1.82, 2.24) is 0 Å². The molecule has 1 N–H and O–H groups in total. The largest absolute Gasteiger partial charge is 0.496 e. The van der Waals surface area contributed by atoms with E-state index in [9.17, 15) is 5.11 Å². The molecule has 0 spiro atoms. The normalized spacial score (nSPS) is 23.4. The summed E-state index contributed by atoms with van der Waals surface area (Å²) in [7, 11) is 1.77. The standard InChI is InChI=1S/C17H26O2/c1-11-9-12(2)16(17(19-4)13(11)3)10-14-5-7-15(18)8-6-14/h9,14-15,18H,5-8,10H2,1-4H3. The van der Waals surface area contributed by atoms with E-state index in [1.807, 2.05) is 0 Å². The fourth-order valence-corrected chi connectivity index (χ4v) is 3.27. The van der Waals surface area contributed by atoms with Crippen molar-refractivity contribution < 1.29 is 9.84 Å². The summed E-state index contributed by atoms with van der Waals surface area (Å²) in [6.07, 6.45) is 5.20. The third-order valence-corrected chi connectivity index (χ3v) is 4.63. The third-order valence-electron chi connectivity index (χ3n) is 4.63. The molecule has 1 aromatic rings. The van der Waals surface area contributed by atoms with Crippen LogP contribution in [0.2, 0.25) is 0 Å². The van der Waals surface area contributed by atoms with Crippen LogP contribution >= 0.6 is 0 Å². The molecule has 2 nitrogen and oxygen atoms in total. The van der Waals surface area contributed by atoms with Crippen LogP contribution in [-0.2, 0) is 6.42 Å². The van der Waals surface area contributed by atoms with Crippen molar-refractivity contribution >= 4 is 0 Å². The van der Waals surface area contributed by atoms with Crippen LogP contribution in [0.5, 0.6) is 5.75 Å². The maximum Gasteiger partial charge on any atom is 0.125 e. The number of hydrogen-bond donors (Lipinski definition) is 1. The Morgan fingerprint density at radius 2 is 1.74 bits per heavy atom. The summed E-state index contributed by atoms with van der Waals surface area (Å²) in [6.45, 7) is 6.47. The Balaban J connectivity index is 2.22. The summed E-state index contributed by atoms with van der Waals surface area (Å²) >= 11 is 0. The Morgan fingerprint density at radius 3 is 2.32 bits per heavy atom. The molecule has 1 aliphatic carbocycles. The van der Waals surface area contributed by atoms with Gasteiger partial charge in [-0.2, -0.15) is 0 Å². The molecule has 1 aromatic carbocycles. The second kappa shape index (κ2) is 5.96. The van der Waals surface area contributed by atoms with Gasteiger partial charge in [-0.15, -0.1) is 0 Å².